The molecule has 0 atom stereocenters. The molecular formula is C13H9ClOS. The highest BCUT2D eigenvalue weighted by Crippen LogP contribution is 2.19. The Morgan fingerprint density at radius 1 is 1.00 bits per heavy atom. The summed E-state index contributed by atoms with van der Waals surface area (Å²) in [5, 5.41) is 0.474. The molecule has 0 unspecified atom stereocenters. The number of carbonyl (C=O) groups excluding carboxylic acids is 1. The third-order valence-electron chi connectivity index (χ3n) is 2.25. The minimum Gasteiger partial charge on any atom is -0.289 e. The van der Waals surface area contributed by atoms with Gasteiger partial charge in [0.2, 0.25) is 0 Å². The summed E-state index contributed by atoms with van der Waals surface area (Å²) in [4.78, 5) is 12.9. The third-order valence-corrected chi connectivity index (χ3v) is 2.88. The molecular weight excluding hydrogens is 240 g/mol. The fourth-order valence-corrected chi connectivity index (χ4v) is 1.78. The van der Waals surface area contributed by atoms with E-state index < -0.39 is 0 Å². The Morgan fingerprint density at radius 2 is 1.62 bits per heavy atom. The molecule has 0 aliphatic rings. The Kier molecular flexibility index (Phi) is 3.32. The van der Waals surface area contributed by atoms with Gasteiger partial charge in [0.15, 0.2) is 5.78 Å². The Hall–Kier alpha value is -1.25. The Balaban J connectivity index is 2.40. The SMILES string of the molecule is O=C(c1ccc(S)cc1)c1ccccc1Cl. The monoisotopic (exact) mass is 248 g/mol. The molecule has 2 rings (SSSR count). The summed E-state index contributed by atoms with van der Waals surface area (Å²) in [6, 6.07) is 14.1. The molecule has 0 aromatic heterocycles. The number of ketones is 1. The van der Waals surface area contributed by atoms with Crippen molar-refractivity contribution in [2.45, 2.75) is 4.90 Å². The molecule has 0 aliphatic heterocycles. The van der Waals surface area contributed by atoms with Gasteiger partial charge in [0.05, 0.1) is 5.02 Å². The lowest BCUT2D eigenvalue weighted by molar-refractivity contribution is 0.103. The number of carbonyl (C=O) groups is 1. The quantitative estimate of drug-likeness (QED) is 0.631. The maximum Gasteiger partial charge on any atom is 0.194 e. The molecule has 0 N–H and O–H groups in total. The van der Waals surface area contributed by atoms with Gasteiger partial charge in [-0.2, -0.15) is 0 Å². The van der Waals surface area contributed by atoms with Gasteiger partial charge in [-0.1, -0.05) is 23.7 Å². The normalized spacial score (nSPS) is 10.1. The lowest BCUT2D eigenvalue weighted by Crippen LogP contribution is -2.01. The number of thiol groups is 1. The average Bonchev–Trinajstić information content (AvgIpc) is 2.30. The number of rotatable bonds is 2. The van der Waals surface area contributed by atoms with E-state index in [1.165, 1.54) is 0 Å². The van der Waals surface area contributed by atoms with Crippen LogP contribution in [0.2, 0.25) is 5.02 Å². The van der Waals surface area contributed by atoms with Crippen molar-refractivity contribution in [1.29, 1.82) is 0 Å². The summed E-state index contributed by atoms with van der Waals surface area (Å²) in [7, 11) is 0. The van der Waals surface area contributed by atoms with Crippen LogP contribution in [-0.4, -0.2) is 5.78 Å². The zero-order chi connectivity index (χ0) is 11.5. The molecule has 3 heteroatoms. The van der Waals surface area contributed by atoms with Gasteiger partial charge in [-0.3, -0.25) is 4.79 Å². The fraction of sp³-hybridized carbons (Fsp3) is 0. The fourth-order valence-electron chi connectivity index (χ4n) is 1.41. The van der Waals surface area contributed by atoms with E-state index in [1.54, 1.807) is 48.5 Å². The van der Waals surface area contributed by atoms with Crippen LogP contribution in [0.4, 0.5) is 0 Å². The summed E-state index contributed by atoms with van der Waals surface area (Å²) in [5.74, 6) is -0.0704. The van der Waals surface area contributed by atoms with E-state index >= 15 is 0 Å². The van der Waals surface area contributed by atoms with E-state index in [0.717, 1.165) is 4.90 Å². The lowest BCUT2D eigenvalue weighted by Gasteiger charge is -2.03. The van der Waals surface area contributed by atoms with E-state index in [2.05, 4.69) is 12.6 Å². The Bertz CT molecular complexity index is 520. The summed E-state index contributed by atoms with van der Waals surface area (Å²) >= 11 is 10.1. The van der Waals surface area contributed by atoms with Crippen LogP contribution in [0.15, 0.2) is 53.4 Å². The standard InChI is InChI=1S/C13H9ClOS/c14-12-4-2-1-3-11(12)13(15)9-5-7-10(16)8-6-9/h1-8,16H. The van der Waals surface area contributed by atoms with Crippen molar-refractivity contribution < 1.29 is 4.79 Å². The maximum atomic E-state index is 12.1. The van der Waals surface area contributed by atoms with Gasteiger partial charge in [-0.15, -0.1) is 12.6 Å². The molecule has 80 valence electrons. The molecule has 0 saturated heterocycles. The highest BCUT2D eigenvalue weighted by Gasteiger charge is 2.11. The molecule has 0 saturated carbocycles. The van der Waals surface area contributed by atoms with Gasteiger partial charge < -0.3 is 0 Å². The second kappa shape index (κ2) is 4.73. The molecule has 0 radical (unpaired) electrons. The number of hydrogen-bond donors (Lipinski definition) is 1. The molecule has 0 bridgehead atoms. The molecule has 2 aromatic rings. The van der Waals surface area contributed by atoms with E-state index in [4.69, 9.17) is 11.6 Å². The third kappa shape index (κ3) is 2.29. The lowest BCUT2D eigenvalue weighted by atomic mass is 10.0. The zero-order valence-corrected chi connectivity index (χ0v) is 10.0. The van der Waals surface area contributed by atoms with Crippen LogP contribution in [0.1, 0.15) is 15.9 Å². The molecule has 0 heterocycles. The summed E-state index contributed by atoms with van der Waals surface area (Å²) in [6.45, 7) is 0. The molecule has 16 heavy (non-hydrogen) atoms. The largest absolute Gasteiger partial charge is 0.289 e. The average molecular weight is 249 g/mol. The minimum absolute atomic E-state index is 0.0704. The summed E-state index contributed by atoms with van der Waals surface area (Å²) in [6.07, 6.45) is 0. The van der Waals surface area contributed by atoms with Gasteiger partial charge in [0.1, 0.15) is 0 Å². The van der Waals surface area contributed by atoms with Crippen LogP contribution in [0, 0.1) is 0 Å². The number of hydrogen-bond acceptors (Lipinski definition) is 2. The highest BCUT2D eigenvalue weighted by molar-refractivity contribution is 7.80. The summed E-state index contributed by atoms with van der Waals surface area (Å²) < 4.78 is 0. The van der Waals surface area contributed by atoms with Gasteiger partial charge in [-0.05, 0) is 36.4 Å². The van der Waals surface area contributed by atoms with Crippen LogP contribution < -0.4 is 0 Å². The first-order chi connectivity index (χ1) is 7.68. The van der Waals surface area contributed by atoms with Crippen LogP contribution in [0.5, 0.6) is 0 Å². The van der Waals surface area contributed by atoms with Crippen LogP contribution >= 0.6 is 24.2 Å². The smallest absolute Gasteiger partial charge is 0.194 e. The van der Waals surface area contributed by atoms with Gasteiger partial charge in [0, 0.05) is 16.0 Å². The molecule has 0 fully saturated rings. The second-order valence-electron chi connectivity index (χ2n) is 3.36. The van der Waals surface area contributed by atoms with Crippen molar-refractivity contribution in [3.8, 4) is 0 Å². The van der Waals surface area contributed by atoms with E-state index in [1.807, 2.05) is 0 Å². The van der Waals surface area contributed by atoms with Gasteiger partial charge in [0.25, 0.3) is 0 Å². The predicted octanol–water partition coefficient (Wildman–Crippen LogP) is 3.86. The zero-order valence-electron chi connectivity index (χ0n) is 8.35. The van der Waals surface area contributed by atoms with Crippen molar-refractivity contribution in [1.82, 2.24) is 0 Å². The number of benzene rings is 2. The molecule has 2 aromatic carbocycles. The molecule has 0 amide bonds. The van der Waals surface area contributed by atoms with Crippen molar-refractivity contribution in [3.05, 3.63) is 64.7 Å². The van der Waals surface area contributed by atoms with Crippen molar-refractivity contribution in [2.24, 2.45) is 0 Å². The Labute approximate surface area is 104 Å². The van der Waals surface area contributed by atoms with Crippen molar-refractivity contribution in [2.75, 3.05) is 0 Å². The van der Waals surface area contributed by atoms with Crippen LogP contribution in [-0.2, 0) is 0 Å². The number of halogens is 1. The minimum atomic E-state index is -0.0704. The van der Waals surface area contributed by atoms with Crippen molar-refractivity contribution >= 4 is 30.0 Å². The van der Waals surface area contributed by atoms with Crippen LogP contribution in [0.25, 0.3) is 0 Å². The molecule has 1 nitrogen and oxygen atoms in total. The molecule has 0 spiro atoms. The second-order valence-corrected chi connectivity index (χ2v) is 4.28. The topological polar surface area (TPSA) is 17.1 Å². The van der Waals surface area contributed by atoms with Gasteiger partial charge in [-0.25, -0.2) is 0 Å². The van der Waals surface area contributed by atoms with E-state index in [9.17, 15) is 4.79 Å². The van der Waals surface area contributed by atoms with E-state index in [0.29, 0.717) is 16.1 Å². The molecule has 0 aliphatic carbocycles. The van der Waals surface area contributed by atoms with E-state index in [-0.39, 0.29) is 5.78 Å². The Morgan fingerprint density at radius 3 is 2.25 bits per heavy atom. The predicted molar refractivity (Wildman–Crippen MR) is 68.6 cm³/mol. The highest BCUT2D eigenvalue weighted by atomic mass is 35.5. The van der Waals surface area contributed by atoms with Crippen LogP contribution in [0.3, 0.4) is 0 Å². The van der Waals surface area contributed by atoms with Gasteiger partial charge >= 0.3 is 0 Å². The first kappa shape index (κ1) is 11.2. The maximum absolute atomic E-state index is 12.1. The van der Waals surface area contributed by atoms with Crippen molar-refractivity contribution in [3.63, 3.8) is 0 Å². The summed E-state index contributed by atoms with van der Waals surface area (Å²) in [5.41, 5.74) is 1.14. The first-order valence-corrected chi connectivity index (χ1v) is 5.59. The first-order valence-electron chi connectivity index (χ1n) is 4.77.